The number of amides is 1. The van der Waals surface area contributed by atoms with Gasteiger partial charge in [0.05, 0.1) is 6.54 Å². The molecule has 0 bridgehead atoms. The van der Waals surface area contributed by atoms with Crippen LogP contribution in [0.5, 0.6) is 0 Å². The lowest BCUT2D eigenvalue weighted by Gasteiger charge is -2.15. The summed E-state index contributed by atoms with van der Waals surface area (Å²) in [5, 5.41) is 3.11. The molecule has 0 atom stereocenters. The number of rotatable bonds is 6. The van der Waals surface area contributed by atoms with Crippen LogP contribution in [-0.2, 0) is 4.79 Å². The van der Waals surface area contributed by atoms with Crippen LogP contribution in [0.1, 0.15) is 12.5 Å². The van der Waals surface area contributed by atoms with E-state index < -0.39 is 0 Å². The lowest BCUT2D eigenvalue weighted by Crippen LogP contribution is -2.35. The summed E-state index contributed by atoms with van der Waals surface area (Å²) in [6.45, 7) is 7.68. The first-order valence-corrected chi connectivity index (χ1v) is 5.83. The maximum Gasteiger partial charge on any atom is 0.236 e. The Morgan fingerprint density at radius 3 is 2.53 bits per heavy atom. The van der Waals surface area contributed by atoms with Gasteiger partial charge in [0.25, 0.3) is 0 Å². The van der Waals surface area contributed by atoms with E-state index in [2.05, 4.69) is 11.9 Å². The van der Waals surface area contributed by atoms with Gasteiger partial charge in [0.15, 0.2) is 0 Å². The fourth-order valence-corrected chi connectivity index (χ4v) is 1.41. The molecule has 0 spiro atoms. The molecule has 3 heteroatoms. The molecule has 0 unspecified atom stereocenters. The van der Waals surface area contributed by atoms with Gasteiger partial charge in [-0.3, -0.25) is 4.79 Å². The fourth-order valence-electron chi connectivity index (χ4n) is 1.41. The van der Waals surface area contributed by atoms with E-state index >= 15 is 0 Å². The van der Waals surface area contributed by atoms with Crippen LogP contribution in [0.15, 0.2) is 36.9 Å². The number of benzene rings is 1. The van der Waals surface area contributed by atoms with E-state index in [4.69, 9.17) is 0 Å². The van der Waals surface area contributed by atoms with Crippen LogP contribution in [0.25, 0.3) is 5.57 Å². The number of nitrogens with one attached hydrogen (secondary N) is 1. The molecule has 0 aliphatic rings. The Balaban J connectivity index is 2.33. The summed E-state index contributed by atoms with van der Waals surface area (Å²) in [4.78, 5) is 13.2. The average molecular weight is 232 g/mol. The zero-order chi connectivity index (χ0) is 12.7. The summed E-state index contributed by atoms with van der Waals surface area (Å²) in [7, 11) is 1.80. The minimum absolute atomic E-state index is 0.105. The standard InChI is InChI=1S/C14H20N2O/c1-4-16(3)14(17)11-15-10-12(2)13-8-6-5-7-9-13/h5-9,15H,2,4,10-11H2,1,3H3. The van der Waals surface area contributed by atoms with Gasteiger partial charge in [0, 0.05) is 20.1 Å². The molecule has 0 aromatic heterocycles. The highest BCUT2D eigenvalue weighted by Gasteiger charge is 2.05. The molecule has 0 heterocycles. The van der Waals surface area contributed by atoms with E-state index in [1.807, 2.05) is 37.3 Å². The van der Waals surface area contributed by atoms with Gasteiger partial charge < -0.3 is 10.2 Å². The van der Waals surface area contributed by atoms with Gasteiger partial charge >= 0.3 is 0 Å². The molecule has 0 aliphatic heterocycles. The van der Waals surface area contributed by atoms with Crippen molar-refractivity contribution in [1.29, 1.82) is 0 Å². The highest BCUT2D eigenvalue weighted by atomic mass is 16.2. The number of carbonyl (C=O) groups is 1. The molecule has 0 fully saturated rings. The Bertz CT molecular complexity index is 373. The van der Waals surface area contributed by atoms with Crippen LogP contribution in [0.3, 0.4) is 0 Å². The molecule has 1 N–H and O–H groups in total. The van der Waals surface area contributed by atoms with Crippen molar-refractivity contribution in [2.24, 2.45) is 0 Å². The molecular weight excluding hydrogens is 212 g/mol. The first-order valence-electron chi connectivity index (χ1n) is 5.83. The van der Waals surface area contributed by atoms with Crippen LogP contribution in [-0.4, -0.2) is 37.5 Å². The van der Waals surface area contributed by atoms with E-state index in [1.165, 1.54) is 0 Å². The van der Waals surface area contributed by atoms with Crippen molar-refractivity contribution in [3.63, 3.8) is 0 Å². The van der Waals surface area contributed by atoms with Crippen LogP contribution < -0.4 is 5.32 Å². The molecule has 0 saturated heterocycles. The molecule has 1 aromatic carbocycles. The van der Waals surface area contributed by atoms with Gasteiger partial charge in [0.1, 0.15) is 0 Å². The van der Waals surface area contributed by atoms with Gasteiger partial charge in [0.2, 0.25) is 5.91 Å². The molecule has 1 rings (SSSR count). The Labute approximate surface area is 103 Å². The summed E-state index contributed by atoms with van der Waals surface area (Å²) >= 11 is 0. The lowest BCUT2D eigenvalue weighted by atomic mass is 10.1. The first kappa shape index (κ1) is 13.5. The Morgan fingerprint density at radius 2 is 1.94 bits per heavy atom. The second kappa shape index (κ2) is 6.86. The van der Waals surface area contributed by atoms with Crippen molar-refractivity contribution < 1.29 is 4.79 Å². The zero-order valence-electron chi connectivity index (χ0n) is 10.6. The maximum absolute atomic E-state index is 11.5. The van der Waals surface area contributed by atoms with Crippen molar-refractivity contribution >= 4 is 11.5 Å². The Kier molecular flexibility index (Phi) is 5.43. The quantitative estimate of drug-likeness (QED) is 0.810. The van der Waals surface area contributed by atoms with E-state index in [9.17, 15) is 4.79 Å². The van der Waals surface area contributed by atoms with Crippen molar-refractivity contribution in [2.45, 2.75) is 6.92 Å². The predicted octanol–water partition coefficient (Wildman–Crippen LogP) is 1.77. The molecule has 1 amide bonds. The highest BCUT2D eigenvalue weighted by molar-refractivity contribution is 5.78. The second-order valence-corrected chi connectivity index (χ2v) is 3.98. The fraction of sp³-hybridized carbons (Fsp3) is 0.357. The third kappa shape index (κ3) is 4.41. The van der Waals surface area contributed by atoms with Crippen LogP contribution in [0.2, 0.25) is 0 Å². The van der Waals surface area contributed by atoms with Gasteiger partial charge in [-0.25, -0.2) is 0 Å². The summed E-state index contributed by atoms with van der Waals surface area (Å²) in [5.74, 6) is 0.105. The van der Waals surface area contributed by atoms with E-state index in [-0.39, 0.29) is 5.91 Å². The minimum Gasteiger partial charge on any atom is -0.345 e. The molecule has 0 aliphatic carbocycles. The molecule has 0 radical (unpaired) electrons. The predicted molar refractivity (Wildman–Crippen MR) is 71.7 cm³/mol. The molecule has 92 valence electrons. The number of likely N-dealkylation sites (N-methyl/N-ethyl adjacent to an activating group) is 1. The van der Waals surface area contributed by atoms with Gasteiger partial charge in [-0.1, -0.05) is 36.9 Å². The number of carbonyl (C=O) groups excluding carboxylic acids is 1. The SMILES string of the molecule is C=C(CNCC(=O)N(C)CC)c1ccccc1. The molecule has 3 nitrogen and oxygen atoms in total. The van der Waals surface area contributed by atoms with Crippen molar-refractivity contribution in [2.75, 3.05) is 26.7 Å². The zero-order valence-corrected chi connectivity index (χ0v) is 10.6. The summed E-state index contributed by atoms with van der Waals surface area (Å²) < 4.78 is 0. The van der Waals surface area contributed by atoms with E-state index in [1.54, 1.807) is 11.9 Å². The van der Waals surface area contributed by atoms with Crippen LogP contribution >= 0.6 is 0 Å². The average Bonchev–Trinajstić information content (AvgIpc) is 2.38. The topological polar surface area (TPSA) is 32.3 Å². The summed E-state index contributed by atoms with van der Waals surface area (Å²) in [5.41, 5.74) is 2.11. The number of hydrogen-bond acceptors (Lipinski definition) is 2. The molecule has 1 aromatic rings. The normalized spacial score (nSPS) is 10.0. The van der Waals surface area contributed by atoms with Crippen molar-refractivity contribution in [3.8, 4) is 0 Å². The van der Waals surface area contributed by atoms with Gasteiger partial charge in [-0.2, -0.15) is 0 Å². The third-order valence-electron chi connectivity index (χ3n) is 2.70. The smallest absolute Gasteiger partial charge is 0.236 e. The van der Waals surface area contributed by atoms with Gasteiger partial charge in [-0.05, 0) is 18.1 Å². The number of hydrogen-bond donors (Lipinski definition) is 1. The second-order valence-electron chi connectivity index (χ2n) is 3.98. The van der Waals surface area contributed by atoms with Crippen molar-refractivity contribution in [1.82, 2.24) is 10.2 Å². The molecule has 17 heavy (non-hydrogen) atoms. The molecular formula is C14H20N2O. The first-order chi connectivity index (χ1) is 8.15. The Morgan fingerprint density at radius 1 is 1.29 bits per heavy atom. The maximum atomic E-state index is 11.5. The Hall–Kier alpha value is -1.61. The van der Waals surface area contributed by atoms with E-state index in [0.717, 1.165) is 17.7 Å². The lowest BCUT2D eigenvalue weighted by molar-refractivity contribution is -0.128. The van der Waals surface area contributed by atoms with Crippen LogP contribution in [0, 0.1) is 0 Å². The van der Waals surface area contributed by atoms with Crippen molar-refractivity contribution in [3.05, 3.63) is 42.5 Å². The van der Waals surface area contributed by atoms with E-state index in [0.29, 0.717) is 13.1 Å². The summed E-state index contributed by atoms with van der Waals surface area (Å²) in [6.07, 6.45) is 0. The number of nitrogens with zero attached hydrogens (tertiary/aromatic N) is 1. The third-order valence-corrected chi connectivity index (χ3v) is 2.70. The van der Waals surface area contributed by atoms with Crippen LogP contribution in [0.4, 0.5) is 0 Å². The largest absolute Gasteiger partial charge is 0.345 e. The molecule has 0 saturated carbocycles. The minimum atomic E-state index is 0.105. The monoisotopic (exact) mass is 232 g/mol. The summed E-state index contributed by atoms with van der Waals surface area (Å²) in [6, 6.07) is 9.98. The van der Waals surface area contributed by atoms with Gasteiger partial charge in [-0.15, -0.1) is 0 Å². The highest BCUT2D eigenvalue weighted by Crippen LogP contribution is 2.09.